The highest BCUT2D eigenvalue weighted by Gasteiger charge is 2.15. The summed E-state index contributed by atoms with van der Waals surface area (Å²) in [4.78, 5) is 11.8. The van der Waals surface area contributed by atoms with E-state index in [-0.39, 0.29) is 30.0 Å². The van der Waals surface area contributed by atoms with Gasteiger partial charge in [-0.15, -0.1) is 0 Å². The molecule has 20 heavy (non-hydrogen) atoms. The average Bonchev–Trinajstić information content (AvgIpc) is 2.37. The van der Waals surface area contributed by atoms with Gasteiger partial charge in [0.05, 0.1) is 0 Å². The number of hydrogen-bond donors (Lipinski definition) is 3. The van der Waals surface area contributed by atoms with Crippen molar-refractivity contribution in [1.82, 2.24) is 5.32 Å². The second-order valence-electron chi connectivity index (χ2n) is 6.37. The maximum atomic E-state index is 11.8. The highest BCUT2D eigenvalue weighted by molar-refractivity contribution is 5.89. The Labute approximate surface area is 121 Å². The highest BCUT2D eigenvalue weighted by atomic mass is 16.3. The summed E-state index contributed by atoms with van der Waals surface area (Å²) < 4.78 is 0. The van der Waals surface area contributed by atoms with Crippen LogP contribution in [-0.2, 0) is 5.41 Å². The number of anilines is 1. The average molecular weight is 278 g/mol. The molecule has 4 heteroatoms. The zero-order chi connectivity index (χ0) is 15.3. The van der Waals surface area contributed by atoms with Crippen LogP contribution in [0, 0.1) is 5.92 Å². The molecule has 0 aliphatic heterocycles. The molecule has 0 bridgehead atoms. The number of amides is 2. The van der Waals surface area contributed by atoms with Crippen molar-refractivity contribution in [2.75, 3.05) is 11.9 Å². The lowest BCUT2D eigenvalue weighted by molar-refractivity contribution is 0.204. The monoisotopic (exact) mass is 278 g/mol. The van der Waals surface area contributed by atoms with E-state index in [0.29, 0.717) is 0 Å². The fourth-order valence-electron chi connectivity index (χ4n) is 1.73. The minimum absolute atomic E-state index is 0.0315. The van der Waals surface area contributed by atoms with Crippen molar-refractivity contribution in [3.63, 3.8) is 0 Å². The molecule has 4 nitrogen and oxygen atoms in total. The first-order valence-electron chi connectivity index (χ1n) is 7.03. The van der Waals surface area contributed by atoms with Crippen molar-refractivity contribution < 1.29 is 9.90 Å². The van der Waals surface area contributed by atoms with Crippen LogP contribution in [0.4, 0.5) is 10.5 Å². The Hall–Kier alpha value is -1.55. The number of aliphatic hydroxyl groups is 1. The summed E-state index contributed by atoms with van der Waals surface area (Å²) in [6.07, 6.45) is 0. The van der Waals surface area contributed by atoms with Crippen LogP contribution in [0.3, 0.4) is 0 Å². The van der Waals surface area contributed by atoms with Gasteiger partial charge in [-0.05, 0) is 36.0 Å². The Morgan fingerprint density at radius 3 is 2.20 bits per heavy atom. The van der Waals surface area contributed by atoms with E-state index in [1.54, 1.807) is 0 Å². The number of urea groups is 1. The molecule has 2 unspecified atom stereocenters. The van der Waals surface area contributed by atoms with Crippen LogP contribution >= 0.6 is 0 Å². The molecule has 0 aliphatic carbocycles. The fourth-order valence-corrected chi connectivity index (χ4v) is 1.73. The van der Waals surface area contributed by atoms with E-state index in [2.05, 4.69) is 31.4 Å². The third kappa shape index (κ3) is 4.85. The lowest BCUT2D eigenvalue weighted by atomic mass is 9.87. The maximum absolute atomic E-state index is 11.8. The van der Waals surface area contributed by atoms with Gasteiger partial charge < -0.3 is 15.7 Å². The number of aliphatic hydroxyl groups excluding tert-OH is 1. The lowest BCUT2D eigenvalue weighted by Crippen LogP contribution is -2.40. The molecule has 0 radical (unpaired) electrons. The molecule has 1 aromatic carbocycles. The summed E-state index contributed by atoms with van der Waals surface area (Å²) in [6, 6.07) is 7.53. The van der Waals surface area contributed by atoms with Crippen LogP contribution in [-0.4, -0.2) is 23.8 Å². The van der Waals surface area contributed by atoms with Gasteiger partial charge in [-0.2, -0.15) is 0 Å². The summed E-state index contributed by atoms with van der Waals surface area (Å²) in [5.41, 5.74) is 2.09. The van der Waals surface area contributed by atoms with Gasteiger partial charge >= 0.3 is 6.03 Å². The molecular formula is C16H26N2O2. The highest BCUT2D eigenvalue weighted by Crippen LogP contribution is 2.23. The van der Waals surface area contributed by atoms with Crippen LogP contribution in [0.15, 0.2) is 24.3 Å². The second kappa shape index (κ2) is 6.75. The van der Waals surface area contributed by atoms with E-state index in [1.165, 1.54) is 5.56 Å². The van der Waals surface area contributed by atoms with Crippen LogP contribution < -0.4 is 10.6 Å². The topological polar surface area (TPSA) is 61.4 Å². The van der Waals surface area contributed by atoms with E-state index >= 15 is 0 Å². The van der Waals surface area contributed by atoms with Crippen molar-refractivity contribution >= 4 is 11.7 Å². The van der Waals surface area contributed by atoms with Gasteiger partial charge in [0.25, 0.3) is 0 Å². The molecule has 3 N–H and O–H groups in total. The van der Waals surface area contributed by atoms with E-state index in [4.69, 9.17) is 5.11 Å². The zero-order valence-corrected chi connectivity index (χ0v) is 13.0. The van der Waals surface area contributed by atoms with Gasteiger partial charge in [-0.1, -0.05) is 39.8 Å². The molecule has 0 fully saturated rings. The zero-order valence-electron chi connectivity index (χ0n) is 13.0. The smallest absolute Gasteiger partial charge is 0.319 e. The molecule has 0 saturated heterocycles. The number of carbonyl (C=O) groups is 1. The Balaban J connectivity index is 2.59. The molecule has 1 rings (SSSR count). The van der Waals surface area contributed by atoms with Crippen molar-refractivity contribution in [2.45, 2.75) is 46.1 Å². The molecule has 0 aromatic heterocycles. The van der Waals surface area contributed by atoms with Crippen LogP contribution in [0.2, 0.25) is 0 Å². The summed E-state index contributed by atoms with van der Waals surface area (Å²) in [5.74, 6) is 0.0315. The van der Waals surface area contributed by atoms with Crippen LogP contribution in [0.25, 0.3) is 0 Å². The van der Waals surface area contributed by atoms with Crippen LogP contribution in [0.1, 0.15) is 40.2 Å². The molecular weight excluding hydrogens is 252 g/mol. The predicted octanol–water partition coefficient (Wildman–Crippen LogP) is 3.12. The summed E-state index contributed by atoms with van der Waals surface area (Å²) >= 11 is 0. The maximum Gasteiger partial charge on any atom is 0.319 e. The quantitative estimate of drug-likeness (QED) is 0.792. The molecule has 0 spiro atoms. The first-order chi connectivity index (χ1) is 9.24. The van der Waals surface area contributed by atoms with E-state index < -0.39 is 0 Å². The minimum atomic E-state index is -0.249. The van der Waals surface area contributed by atoms with Gasteiger partial charge in [0, 0.05) is 18.3 Å². The number of hydrogen-bond acceptors (Lipinski definition) is 2. The first kappa shape index (κ1) is 16.5. The van der Waals surface area contributed by atoms with Gasteiger partial charge in [0.2, 0.25) is 0 Å². The Bertz CT molecular complexity index is 435. The molecule has 112 valence electrons. The normalized spacial score (nSPS) is 14.5. The third-order valence-electron chi connectivity index (χ3n) is 3.51. The Kier molecular flexibility index (Phi) is 5.57. The minimum Gasteiger partial charge on any atom is -0.396 e. The third-order valence-corrected chi connectivity index (χ3v) is 3.51. The van der Waals surface area contributed by atoms with Gasteiger partial charge in [-0.3, -0.25) is 0 Å². The van der Waals surface area contributed by atoms with E-state index in [1.807, 2.05) is 38.1 Å². The summed E-state index contributed by atoms with van der Waals surface area (Å²) in [7, 11) is 0. The number of rotatable bonds is 4. The van der Waals surface area contributed by atoms with Gasteiger partial charge in [0.15, 0.2) is 0 Å². The van der Waals surface area contributed by atoms with Gasteiger partial charge in [0.1, 0.15) is 0 Å². The summed E-state index contributed by atoms with van der Waals surface area (Å²) in [6.45, 7) is 10.3. The lowest BCUT2D eigenvalue weighted by Gasteiger charge is -2.21. The van der Waals surface area contributed by atoms with Gasteiger partial charge in [-0.25, -0.2) is 4.79 Å². The number of carbonyl (C=O) groups excluding carboxylic acids is 1. The Morgan fingerprint density at radius 1 is 1.20 bits per heavy atom. The molecule has 0 saturated carbocycles. The Morgan fingerprint density at radius 2 is 1.75 bits per heavy atom. The largest absolute Gasteiger partial charge is 0.396 e. The molecule has 2 amide bonds. The molecule has 0 heterocycles. The molecule has 1 aromatic rings. The SMILES string of the molecule is CC(CO)C(C)NC(=O)Nc1ccc(C(C)(C)C)cc1. The number of benzene rings is 1. The summed E-state index contributed by atoms with van der Waals surface area (Å²) in [5, 5.41) is 14.7. The fraction of sp³-hybridized carbons (Fsp3) is 0.562. The first-order valence-corrected chi connectivity index (χ1v) is 7.03. The van der Waals surface area contributed by atoms with E-state index in [0.717, 1.165) is 5.69 Å². The van der Waals surface area contributed by atoms with Crippen molar-refractivity contribution in [3.8, 4) is 0 Å². The van der Waals surface area contributed by atoms with Crippen molar-refractivity contribution in [1.29, 1.82) is 0 Å². The van der Waals surface area contributed by atoms with Crippen molar-refractivity contribution in [3.05, 3.63) is 29.8 Å². The predicted molar refractivity (Wildman–Crippen MR) is 83.0 cm³/mol. The van der Waals surface area contributed by atoms with E-state index in [9.17, 15) is 4.79 Å². The molecule has 0 aliphatic rings. The number of nitrogens with one attached hydrogen (secondary N) is 2. The second-order valence-corrected chi connectivity index (χ2v) is 6.37. The standard InChI is InChI=1S/C16H26N2O2/c1-11(10-19)12(2)17-15(20)18-14-8-6-13(7-9-14)16(3,4)5/h6-9,11-12,19H,10H2,1-5H3,(H2,17,18,20). The van der Waals surface area contributed by atoms with Crippen molar-refractivity contribution in [2.24, 2.45) is 5.92 Å². The molecule has 2 atom stereocenters. The van der Waals surface area contributed by atoms with Crippen LogP contribution in [0.5, 0.6) is 0 Å².